The smallest absolute Gasteiger partial charge is 0.323 e. The maximum absolute atomic E-state index is 11.0. The molecule has 0 spiro atoms. The van der Waals surface area contributed by atoms with Gasteiger partial charge in [0.1, 0.15) is 6.04 Å². The third-order valence-electron chi connectivity index (χ3n) is 3.34. The molecule has 4 heteroatoms. The summed E-state index contributed by atoms with van der Waals surface area (Å²) < 4.78 is 0. The summed E-state index contributed by atoms with van der Waals surface area (Å²) >= 11 is 0. The normalized spacial score (nSPS) is 13.6. The first-order chi connectivity index (χ1) is 10.1. The van der Waals surface area contributed by atoms with Crippen molar-refractivity contribution in [3.63, 3.8) is 0 Å². The fraction of sp³-hybridized carbons (Fsp3) is 0.235. The Hall–Kier alpha value is -2.17. The Morgan fingerprint density at radius 3 is 2.14 bits per heavy atom. The summed E-state index contributed by atoms with van der Waals surface area (Å²) in [6.45, 7) is 1.86. The SMILES string of the molecule is C[C@@H](O)[C@H](NCc1ccc(-c2ccccc2)cc1)C(=O)O. The highest BCUT2D eigenvalue weighted by atomic mass is 16.4. The molecule has 0 saturated carbocycles. The average molecular weight is 285 g/mol. The monoisotopic (exact) mass is 285 g/mol. The molecule has 110 valence electrons. The van der Waals surface area contributed by atoms with E-state index in [4.69, 9.17) is 5.11 Å². The zero-order chi connectivity index (χ0) is 15.2. The van der Waals surface area contributed by atoms with E-state index in [0.717, 1.165) is 16.7 Å². The van der Waals surface area contributed by atoms with Crippen LogP contribution in [-0.4, -0.2) is 28.3 Å². The standard InChI is InChI=1S/C17H19NO3/c1-12(19)16(17(20)21)18-11-13-7-9-15(10-8-13)14-5-3-2-4-6-14/h2-10,12,16,18-19H,11H2,1H3,(H,20,21)/t12-,16+/m1/s1. The number of carboxylic acids is 1. The van der Waals surface area contributed by atoms with Gasteiger partial charge in [0, 0.05) is 6.54 Å². The Kier molecular flexibility index (Phi) is 5.09. The van der Waals surface area contributed by atoms with Gasteiger partial charge in [-0.25, -0.2) is 0 Å². The van der Waals surface area contributed by atoms with Crippen LogP contribution in [0.25, 0.3) is 11.1 Å². The molecule has 0 saturated heterocycles. The molecule has 2 aromatic rings. The van der Waals surface area contributed by atoms with E-state index < -0.39 is 18.1 Å². The van der Waals surface area contributed by atoms with E-state index in [0.29, 0.717) is 6.54 Å². The topological polar surface area (TPSA) is 69.6 Å². The maximum Gasteiger partial charge on any atom is 0.323 e. The van der Waals surface area contributed by atoms with Crippen LogP contribution in [0, 0.1) is 0 Å². The molecule has 2 aromatic carbocycles. The second-order valence-electron chi connectivity index (χ2n) is 5.00. The van der Waals surface area contributed by atoms with E-state index in [9.17, 15) is 9.90 Å². The molecule has 3 N–H and O–H groups in total. The van der Waals surface area contributed by atoms with Crippen LogP contribution in [0.3, 0.4) is 0 Å². The Morgan fingerprint density at radius 2 is 1.62 bits per heavy atom. The second-order valence-corrected chi connectivity index (χ2v) is 5.00. The molecule has 0 aromatic heterocycles. The first kappa shape index (κ1) is 15.2. The minimum atomic E-state index is -1.05. The number of nitrogens with one attached hydrogen (secondary N) is 1. The predicted octanol–water partition coefficient (Wildman–Crippen LogP) is 2.28. The minimum absolute atomic E-state index is 0.400. The van der Waals surface area contributed by atoms with Gasteiger partial charge in [-0.05, 0) is 23.6 Å². The largest absolute Gasteiger partial charge is 0.480 e. The van der Waals surface area contributed by atoms with Crippen LogP contribution in [0.5, 0.6) is 0 Å². The van der Waals surface area contributed by atoms with Crippen molar-refractivity contribution in [2.24, 2.45) is 0 Å². The summed E-state index contributed by atoms with van der Waals surface area (Å²) in [4.78, 5) is 11.0. The van der Waals surface area contributed by atoms with Gasteiger partial charge in [-0.3, -0.25) is 10.1 Å². The molecule has 4 nitrogen and oxygen atoms in total. The van der Waals surface area contributed by atoms with E-state index in [1.807, 2.05) is 54.6 Å². The van der Waals surface area contributed by atoms with Crippen LogP contribution in [0.4, 0.5) is 0 Å². The van der Waals surface area contributed by atoms with Crippen LogP contribution >= 0.6 is 0 Å². The third kappa shape index (κ3) is 4.15. The van der Waals surface area contributed by atoms with Crippen molar-refractivity contribution >= 4 is 5.97 Å². The molecular formula is C17H19NO3. The lowest BCUT2D eigenvalue weighted by Gasteiger charge is -2.17. The lowest BCUT2D eigenvalue weighted by Crippen LogP contribution is -2.44. The highest BCUT2D eigenvalue weighted by Gasteiger charge is 2.21. The highest BCUT2D eigenvalue weighted by molar-refractivity contribution is 5.74. The van der Waals surface area contributed by atoms with Crippen LogP contribution in [0.2, 0.25) is 0 Å². The van der Waals surface area contributed by atoms with Crippen molar-refractivity contribution in [3.05, 3.63) is 60.2 Å². The lowest BCUT2D eigenvalue weighted by atomic mass is 10.0. The molecule has 0 unspecified atom stereocenters. The van der Waals surface area contributed by atoms with Gasteiger partial charge < -0.3 is 10.2 Å². The molecule has 0 bridgehead atoms. The molecule has 2 atom stereocenters. The van der Waals surface area contributed by atoms with Crippen molar-refractivity contribution in [1.29, 1.82) is 0 Å². The fourth-order valence-corrected chi connectivity index (χ4v) is 2.14. The van der Waals surface area contributed by atoms with Crippen LogP contribution < -0.4 is 5.32 Å². The van der Waals surface area contributed by atoms with Crippen LogP contribution in [0.15, 0.2) is 54.6 Å². The Labute approximate surface area is 124 Å². The van der Waals surface area contributed by atoms with Gasteiger partial charge in [0.15, 0.2) is 0 Å². The number of aliphatic carboxylic acids is 1. The molecule has 21 heavy (non-hydrogen) atoms. The van der Waals surface area contributed by atoms with Gasteiger partial charge in [-0.2, -0.15) is 0 Å². The summed E-state index contributed by atoms with van der Waals surface area (Å²) in [7, 11) is 0. The van der Waals surface area contributed by atoms with Crippen molar-refractivity contribution in [2.45, 2.75) is 25.6 Å². The Balaban J connectivity index is 2.01. The number of carbonyl (C=O) groups is 1. The predicted molar refractivity (Wildman–Crippen MR) is 81.8 cm³/mol. The van der Waals surface area contributed by atoms with Gasteiger partial charge in [0.2, 0.25) is 0 Å². The third-order valence-corrected chi connectivity index (χ3v) is 3.34. The highest BCUT2D eigenvalue weighted by Crippen LogP contribution is 2.19. The van der Waals surface area contributed by atoms with E-state index in [1.54, 1.807) is 0 Å². The van der Waals surface area contributed by atoms with Gasteiger partial charge in [0.25, 0.3) is 0 Å². The molecule has 0 amide bonds. The first-order valence-electron chi connectivity index (χ1n) is 6.86. The van der Waals surface area contributed by atoms with Crippen LogP contribution in [-0.2, 0) is 11.3 Å². The van der Waals surface area contributed by atoms with E-state index in [2.05, 4.69) is 5.32 Å². The second kappa shape index (κ2) is 7.02. The molecule has 0 aliphatic rings. The number of hydrogen-bond donors (Lipinski definition) is 3. The molecule has 0 radical (unpaired) electrons. The number of aliphatic hydroxyl groups is 1. The summed E-state index contributed by atoms with van der Waals surface area (Å²) in [5.41, 5.74) is 3.23. The molecule has 0 heterocycles. The molecule has 0 aliphatic carbocycles. The zero-order valence-corrected chi connectivity index (χ0v) is 11.9. The van der Waals surface area contributed by atoms with Crippen LogP contribution in [0.1, 0.15) is 12.5 Å². The number of rotatable bonds is 6. The summed E-state index contributed by atoms with van der Waals surface area (Å²) in [6.07, 6.45) is -0.939. The summed E-state index contributed by atoms with van der Waals surface area (Å²) in [6, 6.07) is 17.0. The molecule has 0 aliphatic heterocycles. The van der Waals surface area contributed by atoms with Crippen molar-refractivity contribution in [3.8, 4) is 11.1 Å². The zero-order valence-electron chi connectivity index (χ0n) is 11.9. The fourth-order valence-electron chi connectivity index (χ4n) is 2.14. The quantitative estimate of drug-likeness (QED) is 0.761. The minimum Gasteiger partial charge on any atom is -0.480 e. The van der Waals surface area contributed by atoms with Crippen molar-refractivity contribution < 1.29 is 15.0 Å². The van der Waals surface area contributed by atoms with Gasteiger partial charge in [-0.1, -0.05) is 54.6 Å². The van der Waals surface area contributed by atoms with E-state index in [-0.39, 0.29) is 0 Å². The number of aliphatic hydroxyl groups excluding tert-OH is 1. The average Bonchev–Trinajstić information content (AvgIpc) is 2.48. The summed E-state index contributed by atoms with van der Waals surface area (Å²) in [5, 5.41) is 21.2. The van der Waals surface area contributed by atoms with E-state index >= 15 is 0 Å². The number of carboxylic acid groups (broad SMARTS) is 1. The van der Waals surface area contributed by atoms with Gasteiger partial charge in [-0.15, -0.1) is 0 Å². The Bertz CT molecular complexity index is 579. The van der Waals surface area contributed by atoms with Crippen molar-refractivity contribution in [1.82, 2.24) is 5.32 Å². The molecule has 0 fully saturated rings. The maximum atomic E-state index is 11.0. The number of benzene rings is 2. The number of hydrogen-bond acceptors (Lipinski definition) is 3. The van der Waals surface area contributed by atoms with Crippen molar-refractivity contribution in [2.75, 3.05) is 0 Å². The molecule has 2 rings (SSSR count). The van der Waals surface area contributed by atoms with Gasteiger partial charge in [0.05, 0.1) is 6.10 Å². The first-order valence-corrected chi connectivity index (χ1v) is 6.86. The van der Waals surface area contributed by atoms with Gasteiger partial charge >= 0.3 is 5.97 Å². The Morgan fingerprint density at radius 1 is 1.05 bits per heavy atom. The molecular weight excluding hydrogens is 266 g/mol. The summed E-state index contributed by atoms with van der Waals surface area (Å²) in [5.74, 6) is -1.05. The lowest BCUT2D eigenvalue weighted by molar-refractivity contribution is -0.142. The van der Waals surface area contributed by atoms with E-state index in [1.165, 1.54) is 6.92 Å².